The molecule has 1 N–H and O–H groups in total. The monoisotopic (exact) mass is 230 g/mol. The average Bonchev–Trinajstić information content (AvgIpc) is 2.30. The van der Waals surface area contributed by atoms with Crippen molar-refractivity contribution in [2.45, 2.75) is 33.6 Å². The van der Waals surface area contributed by atoms with E-state index < -0.39 is 5.92 Å². The number of anilines is 1. The SMILES string of the molecule is Cc1cccc(C(C)C)c1NC(=O)C(C)C#N. The van der Waals surface area contributed by atoms with Crippen LogP contribution < -0.4 is 5.32 Å². The summed E-state index contributed by atoms with van der Waals surface area (Å²) in [5.41, 5.74) is 2.97. The molecular weight excluding hydrogens is 212 g/mol. The Morgan fingerprint density at radius 3 is 2.53 bits per heavy atom. The molecule has 3 heteroatoms. The van der Waals surface area contributed by atoms with Gasteiger partial charge in [0, 0.05) is 5.69 Å². The highest BCUT2D eigenvalue weighted by atomic mass is 16.1. The molecule has 3 nitrogen and oxygen atoms in total. The number of nitrogens with one attached hydrogen (secondary N) is 1. The second-order valence-corrected chi connectivity index (χ2v) is 4.53. The van der Waals surface area contributed by atoms with E-state index in [-0.39, 0.29) is 5.91 Å². The van der Waals surface area contributed by atoms with Gasteiger partial charge in [-0.3, -0.25) is 4.79 Å². The Morgan fingerprint density at radius 1 is 1.35 bits per heavy atom. The molecule has 0 aliphatic rings. The smallest absolute Gasteiger partial charge is 0.241 e. The zero-order chi connectivity index (χ0) is 13.0. The zero-order valence-electron chi connectivity index (χ0n) is 10.7. The Kier molecular flexibility index (Phi) is 4.28. The van der Waals surface area contributed by atoms with Crippen molar-refractivity contribution in [3.05, 3.63) is 29.3 Å². The number of nitrogens with zero attached hydrogens (tertiary/aromatic N) is 1. The van der Waals surface area contributed by atoms with Crippen molar-refractivity contribution in [2.75, 3.05) is 5.32 Å². The summed E-state index contributed by atoms with van der Waals surface area (Å²) < 4.78 is 0. The highest BCUT2D eigenvalue weighted by Crippen LogP contribution is 2.27. The fourth-order valence-corrected chi connectivity index (χ4v) is 1.63. The van der Waals surface area contributed by atoms with E-state index in [1.165, 1.54) is 0 Å². The van der Waals surface area contributed by atoms with Crippen molar-refractivity contribution in [3.8, 4) is 6.07 Å². The summed E-state index contributed by atoms with van der Waals surface area (Å²) in [5, 5.41) is 11.6. The van der Waals surface area contributed by atoms with Crippen LogP contribution in [0.3, 0.4) is 0 Å². The quantitative estimate of drug-likeness (QED) is 0.866. The Balaban J connectivity index is 3.06. The molecule has 0 aliphatic carbocycles. The number of carbonyl (C=O) groups is 1. The summed E-state index contributed by atoms with van der Waals surface area (Å²) in [6.07, 6.45) is 0. The number of benzene rings is 1. The standard InChI is InChI=1S/C14H18N2O/c1-9(2)12-7-5-6-10(3)13(12)16-14(17)11(4)8-15/h5-7,9,11H,1-4H3,(H,16,17). The Morgan fingerprint density at radius 2 is 2.00 bits per heavy atom. The molecule has 0 spiro atoms. The van der Waals surface area contributed by atoms with E-state index in [9.17, 15) is 4.79 Å². The number of hydrogen-bond acceptors (Lipinski definition) is 2. The number of para-hydroxylation sites is 1. The van der Waals surface area contributed by atoms with Crippen LogP contribution in [0.2, 0.25) is 0 Å². The molecule has 0 fully saturated rings. The lowest BCUT2D eigenvalue weighted by atomic mass is 9.98. The van der Waals surface area contributed by atoms with Gasteiger partial charge in [-0.2, -0.15) is 5.26 Å². The highest BCUT2D eigenvalue weighted by molar-refractivity contribution is 5.95. The van der Waals surface area contributed by atoms with Crippen molar-refractivity contribution in [1.82, 2.24) is 0 Å². The van der Waals surface area contributed by atoms with Gasteiger partial charge in [0.1, 0.15) is 5.92 Å². The highest BCUT2D eigenvalue weighted by Gasteiger charge is 2.16. The van der Waals surface area contributed by atoms with Gasteiger partial charge in [0.25, 0.3) is 0 Å². The third-order valence-electron chi connectivity index (χ3n) is 2.76. The number of rotatable bonds is 3. The molecule has 0 saturated heterocycles. The molecule has 0 saturated carbocycles. The molecule has 0 heterocycles. The molecule has 0 bridgehead atoms. The molecule has 17 heavy (non-hydrogen) atoms. The summed E-state index contributed by atoms with van der Waals surface area (Å²) in [6, 6.07) is 7.88. The van der Waals surface area contributed by atoms with Gasteiger partial charge in [-0.25, -0.2) is 0 Å². The molecule has 1 aromatic carbocycles. The van der Waals surface area contributed by atoms with E-state index >= 15 is 0 Å². The molecule has 1 rings (SSSR count). The number of nitriles is 1. The Labute approximate surface area is 102 Å². The van der Waals surface area contributed by atoms with Crippen LogP contribution in [-0.2, 0) is 4.79 Å². The van der Waals surface area contributed by atoms with Crippen LogP contribution in [0.1, 0.15) is 37.8 Å². The maximum Gasteiger partial charge on any atom is 0.241 e. The maximum absolute atomic E-state index is 11.7. The molecular formula is C14H18N2O. The first kappa shape index (κ1) is 13.2. The first-order valence-electron chi connectivity index (χ1n) is 5.77. The van der Waals surface area contributed by atoms with Gasteiger partial charge in [-0.15, -0.1) is 0 Å². The van der Waals surface area contributed by atoms with E-state index in [4.69, 9.17) is 5.26 Å². The summed E-state index contributed by atoms with van der Waals surface area (Å²) in [7, 11) is 0. The number of amides is 1. The Bertz CT molecular complexity index is 458. The molecule has 90 valence electrons. The summed E-state index contributed by atoms with van der Waals surface area (Å²) >= 11 is 0. The largest absolute Gasteiger partial charge is 0.324 e. The van der Waals surface area contributed by atoms with E-state index in [1.807, 2.05) is 31.2 Å². The van der Waals surface area contributed by atoms with Gasteiger partial charge in [-0.1, -0.05) is 32.0 Å². The first-order valence-corrected chi connectivity index (χ1v) is 5.77. The molecule has 1 amide bonds. The predicted molar refractivity (Wildman–Crippen MR) is 68.7 cm³/mol. The third-order valence-corrected chi connectivity index (χ3v) is 2.76. The fourth-order valence-electron chi connectivity index (χ4n) is 1.63. The van der Waals surface area contributed by atoms with Crippen LogP contribution in [0, 0.1) is 24.2 Å². The zero-order valence-corrected chi connectivity index (χ0v) is 10.7. The van der Waals surface area contributed by atoms with Crippen LogP contribution >= 0.6 is 0 Å². The lowest BCUT2D eigenvalue weighted by Crippen LogP contribution is -2.20. The van der Waals surface area contributed by atoms with Crippen molar-refractivity contribution in [3.63, 3.8) is 0 Å². The molecule has 1 unspecified atom stereocenters. The van der Waals surface area contributed by atoms with Gasteiger partial charge in [0.15, 0.2) is 0 Å². The lowest BCUT2D eigenvalue weighted by Gasteiger charge is -2.16. The van der Waals surface area contributed by atoms with Crippen molar-refractivity contribution < 1.29 is 4.79 Å². The van der Waals surface area contributed by atoms with Gasteiger partial charge in [0.05, 0.1) is 6.07 Å². The van der Waals surface area contributed by atoms with E-state index in [2.05, 4.69) is 19.2 Å². The van der Waals surface area contributed by atoms with Crippen LogP contribution in [0.4, 0.5) is 5.69 Å². The van der Waals surface area contributed by atoms with Crippen LogP contribution in [0.15, 0.2) is 18.2 Å². The van der Waals surface area contributed by atoms with E-state index in [0.29, 0.717) is 5.92 Å². The van der Waals surface area contributed by atoms with Gasteiger partial charge >= 0.3 is 0 Å². The molecule has 1 atom stereocenters. The average molecular weight is 230 g/mol. The third kappa shape index (κ3) is 3.07. The lowest BCUT2D eigenvalue weighted by molar-refractivity contribution is -0.117. The van der Waals surface area contributed by atoms with Crippen molar-refractivity contribution in [1.29, 1.82) is 5.26 Å². The normalized spacial score (nSPS) is 12.0. The van der Waals surface area contributed by atoms with E-state index in [0.717, 1.165) is 16.8 Å². The second kappa shape index (κ2) is 5.49. The molecule has 0 aromatic heterocycles. The fraction of sp³-hybridized carbons (Fsp3) is 0.429. The minimum atomic E-state index is -0.630. The van der Waals surface area contributed by atoms with Gasteiger partial charge < -0.3 is 5.32 Å². The minimum absolute atomic E-state index is 0.247. The number of aryl methyl sites for hydroxylation is 1. The Hall–Kier alpha value is -1.82. The number of carbonyl (C=O) groups excluding carboxylic acids is 1. The van der Waals surface area contributed by atoms with E-state index in [1.54, 1.807) is 6.92 Å². The molecule has 0 aliphatic heterocycles. The molecule has 0 radical (unpaired) electrons. The van der Waals surface area contributed by atoms with Crippen molar-refractivity contribution >= 4 is 11.6 Å². The summed E-state index contributed by atoms with van der Waals surface area (Å²) in [5.74, 6) is -0.541. The van der Waals surface area contributed by atoms with Gasteiger partial charge in [0.2, 0.25) is 5.91 Å². The summed E-state index contributed by atoms with van der Waals surface area (Å²) in [4.78, 5) is 11.7. The minimum Gasteiger partial charge on any atom is -0.324 e. The predicted octanol–water partition coefficient (Wildman–Crippen LogP) is 3.22. The maximum atomic E-state index is 11.7. The van der Waals surface area contributed by atoms with Crippen LogP contribution in [0.25, 0.3) is 0 Å². The summed E-state index contributed by atoms with van der Waals surface area (Å²) in [6.45, 7) is 7.72. The molecule has 1 aromatic rings. The topological polar surface area (TPSA) is 52.9 Å². The van der Waals surface area contributed by atoms with Gasteiger partial charge in [-0.05, 0) is 30.9 Å². The first-order chi connectivity index (χ1) is 7.97. The van der Waals surface area contributed by atoms with Crippen LogP contribution in [-0.4, -0.2) is 5.91 Å². The van der Waals surface area contributed by atoms with Crippen LogP contribution in [0.5, 0.6) is 0 Å². The number of hydrogen-bond donors (Lipinski definition) is 1. The van der Waals surface area contributed by atoms with Crippen molar-refractivity contribution in [2.24, 2.45) is 5.92 Å². The second-order valence-electron chi connectivity index (χ2n) is 4.53.